The summed E-state index contributed by atoms with van der Waals surface area (Å²) in [5, 5.41) is 1.38. The van der Waals surface area contributed by atoms with Crippen molar-refractivity contribution in [2.45, 2.75) is 55.7 Å². The molecule has 0 radical (unpaired) electrons. The first kappa shape index (κ1) is 27.1. The Morgan fingerprint density at radius 1 is 1.03 bits per heavy atom. The average Bonchev–Trinajstić information content (AvgIpc) is 2.70. The molecule has 35 heavy (non-hydrogen) atoms. The van der Waals surface area contributed by atoms with Crippen LogP contribution in [0.25, 0.3) is 0 Å². The number of benzene rings is 2. The van der Waals surface area contributed by atoms with Gasteiger partial charge in [-0.2, -0.15) is 26.3 Å². The molecule has 1 fully saturated rings. The number of rotatable bonds is 6. The van der Waals surface area contributed by atoms with Crippen LogP contribution in [-0.4, -0.2) is 24.0 Å². The quantitative estimate of drug-likeness (QED) is 0.376. The van der Waals surface area contributed by atoms with E-state index in [1.165, 1.54) is 0 Å². The smallest absolute Gasteiger partial charge is 0.349 e. The van der Waals surface area contributed by atoms with Gasteiger partial charge in [0, 0.05) is 18.9 Å². The molecule has 0 saturated heterocycles. The summed E-state index contributed by atoms with van der Waals surface area (Å²) in [6.07, 6.45) is -15.6. The molecule has 0 heterocycles. The van der Waals surface area contributed by atoms with Crippen LogP contribution in [0.1, 0.15) is 58.4 Å². The summed E-state index contributed by atoms with van der Waals surface area (Å²) in [7, 11) is 0. The normalized spacial score (nSPS) is 18.0. The van der Waals surface area contributed by atoms with Crippen molar-refractivity contribution in [3.8, 4) is 0 Å². The van der Waals surface area contributed by atoms with E-state index < -0.39 is 94.7 Å². The van der Waals surface area contributed by atoms with Gasteiger partial charge in [0.15, 0.2) is 0 Å². The number of hydrogen-bond donors (Lipinski definition) is 1. The third kappa shape index (κ3) is 6.39. The zero-order valence-electron chi connectivity index (χ0n) is 17.4. The van der Waals surface area contributed by atoms with Gasteiger partial charge in [0.2, 0.25) is 0 Å². The molecular formula is C22H16ClF10NO. The van der Waals surface area contributed by atoms with Crippen LogP contribution < -0.4 is 5.32 Å². The summed E-state index contributed by atoms with van der Waals surface area (Å²) in [5.41, 5.74) is -3.99. The Kier molecular flexibility index (Phi) is 7.36. The SMILES string of the molecule is O=C(NC1CC(F)(F)C1)c1ccc(C(F)CC(c2ccc(F)c(Cl)c2)C(F)(F)F)cc1C(F)(F)F. The van der Waals surface area contributed by atoms with Crippen molar-refractivity contribution in [3.63, 3.8) is 0 Å². The van der Waals surface area contributed by atoms with E-state index in [9.17, 15) is 48.7 Å². The third-order valence-corrected chi connectivity index (χ3v) is 5.85. The van der Waals surface area contributed by atoms with E-state index >= 15 is 0 Å². The standard InChI is InChI=1S/C22H16ClF10NO/c23-16-6-10(2-4-17(16)24)14(21(28,29)30)7-18(25)11-1-3-13(15(5-11)22(31,32)33)19(35)34-12-8-20(26,27)9-12/h1-6,12,14,18H,7-9H2,(H,34,35). The van der Waals surface area contributed by atoms with Crippen LogP contribution in [0.5, 0.6) is 0 Å². The predicted molar refractivity (Wildman–Crippen MR) is 106 cm³/mol. The summed E-state index contributed by atoms with van der Waals surface area (Å²) >= 11 is 5.51. The molecule has 1 saturated carbocycles. The lowest BCUT2D eigenvalue weighted by atomic mass is 9.87. The minimum atomic E-state index is -5.19. The van der Waals surface area contributed by atoms with Crippen LogP contribution in [0.2, 0.25) is 5.02 Å². The Morgan fingerprint density at radius 3 is 2.14 bits per heavy atom. The summed E-state index contributed by atoms with van der Waals surface area (Å²) in [6, 6.07) is 2.49. The van der Waals surface area contributed by atoms with E-state index in [4.69, 9.17) is 11.6 Å². The summed E-state index contributed by atoms with van der Waals surface area (Å²) in [4.78, 5) is 12.2. The van der Waals surface area contributed by atoms with Crippen LogP contribution in [-0.2, 0) is 6.18 Å². The van der Waals surface area contributed by atoms with Gasteiger partial charge in [0.1, 0.15) is 12.0 Å². The Balaban J connectivity index is 1.87. The third-order valence-electron chi connectivity index (χ3n) is 5.56. The zero-order valence-corrected chi connectivity index (χ0v) is 18.1. The Morgan fingerprint density at radius 2 is 1.63 bits per heavy atom. The number of halogens is 11. The number of carbonyl (C=O) groups is 1. The second-order valence-corrected chi connectivity index (χ2v) is 8.62. The fourth-order valence-electron chi connectivity index (χ4n) is 3.75. The molecule has 2 aromatic rings. The van der Waals surface area contributed by atoms with Gasteiger partial charge in [-0.25, -0.2) is 17.6 Å². The first-order valence-corrected chi connectivity index (χ1v) is 10.4. The van der Waals surface area contributed by atoms with Gasteiger partial charge in [-0.15, -0.1) is 0 Å². The molecular weight excluding hydrogens is 520 g/mol. The Hall–Kier alpha value is -2.50. The highest BCUT2D eigenvalue weighted by molar-refractivity contribution is 6.30. The number of hydrogen-bond acceptors (Lipinski definition) is 1. The molecule has 1 aliphatic rings. The number of alkyl halides is 9. The highest BCUT2D eigenvalue weighted by Gasteiger charge is 2.47. The lowest BCUT2D eigenvalue weighted by Crippen LogP contribution is -2.50. The lowest BCUT2D eigenvalue weighted by Gasteiger charge is -2.35. The molecule has 0 bridgehead atoms. The maximum Gasteiger partial charge on any atom is 0.417 e. The van der Waals surface area contributed by atoms with E-state index in [1.54, 1.807) is 0 Å². The number of nitrogens with one attached hydrogen (secondary N) is 1. The molecule has 1 amide bonds. The van der Waals surface area contributed by atoms with Gasteiger partial charge in [-0.1, -0.05) is 23.7 Å². The average molecular weight is 536 g/mol. The fraction of sp³-hybridized carbons (Fsp3) is 0.409. The molecule has 2 unspecified atom stereocenters. The van der Waals surface area contributed by atoms with E-state index in [-0.39, 0.29) is 6.07 Å². The lowest BCUT2D eigenvalue weighted by molar-refractivity contribution is -0.155. The van der Waals surface area contributed by atoms with E-state index in [0.717, 1.165) is 12.1 Å². The molecule has 192 valence electrons. The Bertz CT molecular complexity index is 1090. The molecule has 2 aromatic carbocycles. The topological polar surface area (TPSA) is 29.1 Å². The molecule has 0 spiro atoms. The second-order valence-electron chi connectivity index (χ2n) is 8.21. The van der Waals surface area contributed by atoms with Gasteiger partial charge in [0.25, 0.3) is 11.8 Å². The minimum absolute atomic E-state index is 0.208. The van der Waals surface area contributed by atoms with Crippen molar-refractivity contribution in [2.75, 3.05) is 0 Å². The Labute approximate surface area is 197 Å². The molecule has 13 heteroatoms. The van der Waals surface area contributed by atoms with E-state index in [2.05, 4.69) is 0 Å². The van der Waals surface area contributed by atoms with E-state index in [0.29, 0.717) is 18.2 Å². The maximum absolute atomic E-state index is 14.9. The van der Waals surface area contributed by atoms with Crippen LogP contribution in [0, 0.1) is 5.82 Å². The first-order valence-electron chi connectivity index (χ1n) is 10.0. The van der Waals surface area contributed by atoms with Crippen molar-refractivity contribution in [1.29, 1.82) is 0 Å². The van der Waals surface area contributed by atoms with Crippen molar-refractivity contribution in [1.82, 2.24) is 5.32 Å². The van der Waals surface area contributed by atoms with Gasteiger partial charge in [-0.3, -0.25) is 4.79 Å². The van der Waals surface area contributed by atoms with Gasteiger partial charge < -0.3 is 5.32 Å². The number of amides is 1. The minimum Gasteiger partial charge on any atom is -0.349 e. The van der Waals surface area contributed by atoms with Crippen molar-refractivity contribution in [3.05, 3.63) is 69.5 Å². The van der Waals surface area contributed by atoms with Crippen molar-refractivity contribution < 1.29 is 48.7 Å². The molecule has 2 atom stereocenters. The van der Waals surface area contributed by atoms with Gasteiger partial charge in [0.05, 0.1) is 22.1 Å². The molecule has 1 aliphatic carbocycles. The highest BCUT2D eigenvalue weighted by Crippen LogP contribution is 2.44. The van der Waals surface area contributed by atoms with Crippen LogP contribution in [0.3, 0.4) is 0 Å². The van der Waals surface area contributed by atoms with Crippen molar-refractivity contribution in [2.24, 2.45) is 0 Å². The summed E-state index contributed by atoms with van der Waals surface area (Å²) in [6.45, 7) is 0. The van der Waals surface area contributed by atoms with Crippen LogP contribution in [0.4, 0.5) is 43.9 Å². The molecule has 3 rings (SSSR count). The van der Waals surface area contributed by atoms with Crippen LogP contribution >= 0.6 is 11.6 Å². The molecule has 0 aliphatic heterocycles. The van der Waals surface area contributed by atoms with E-state index in [1.807, 2.05) is 5.32 Å². The van der Waals surface area contributed by atoms with Crippen molar-refractivity contribution >= 4 is 17.5 Å². The second kappa shape index (κ2) is 9.51. The summed E-state index contributed by atoms with van der Waals surface area (Å²) in [5.74, 6) is -7.90. The zero-order chi connectivity index (χ0) is 26.3. The maximum atomic E-state index is 14.9. The predicted octanol–water partition coefficient (Wildman–Crippen LogP) is 7.77. The van der Waals surface area contributed by atoms with Crippen LogP contribution in [0.15, 0.2) is 36.4 Å². The molecule has 2 nitrogen and oxygen atoms in total. The highest BCUT2D eigenvalue weighted by atomic mass is 35.5. The first-order chi connectivity index (χ1) is 16.0. The monoisotopic (exact) mass is 535 g/mol. The summed E-state index contributed by atoms with van der Waals surface area (Å²) < 4.78 is 135. The number of carbonyl (C=O) groups excluding carboxylic acids is 1. The van der Waals surface area contributed by atoms with Gasteiger partial charge in [-0.05, 0) is 41.8 Å². The van der Waals surface area contributed by atoms with Gasteiger partial charge >= 0.3 is 12.4 Å². The molecule has 0 aromatic heterocycles. The molecule has 1 N–H and O–H groups in total. The largest absolute Gasteiger partial charge is 0.417 e. The fourth-order valence-corrected chi connectivity index (χ4v) is 3.94.